The summed E-state index contributed by atoms with van der Waals surface area (Å²) < 4.78 is 10.7. The van der Waals surface area contributed by atoms with E-state index in [4.69, 9.17) is 9.47 Å². The Labute approximate surface area is 201 Å². The zero-order valence-corrected chi connectivity index (χ0v) is 20.2. The van der Waals surface area contributed by atoms with E-state index >= 15 is 0 Å². The minimum atomic E-state index is -0.682. The number of rotatable bonds is 15. The van der Waals surface area contributed by atoms with Gasteiger partial charge in [-0.05, 0) is 31.0 Å². The normalized spacial score (nSPS) is 10.6. The number of carbonyl (C=O) groups is 2. The molecule has 0 aliphatic heterocycles. The molecule has 0 aliphatic carbocycles. The molecule has 34 heavy (non-hydrogen) atoms. The topological polar surface area (TPSA) is 95.7 Å². The Kier molecular flexibility index (Phi) is 11.8. The first kappa shape index (κ1) is 27.0. The number of hydrogen-bond donors (Lipinski definition) is 0. The molecule has 0 fully saturated rings. The predicted molar refractivity (Wildman–Crippen MR) is 131 cm³/mol. The molecular weight excluding hydrogens is 434 g/mol. The van der Waals surface area contributed by atoms with Crippen LogP contribution in [0.4, 0.5) is 5.69 Å². The van der Waals surface area contributed by atoms with Crippen LogP contribution >= 0.6 is 0 Å². The Hall–Kier alpha value is -3.22. The summed E-state index contributed by atoms with van der Waals surface area (Å²) in [6.07, 6.45) is 10.5. The first-order valence-corrected chi connectivity index (χ1v) is 12.1. The Morgan fingerprint density at radius 2 is 1.38 bits per heavy atom. The zero-order chi connectivity index (χ0) is 24.8. The van der Waals surface area contributed by atoms with E-state index in [1.165, 1.54) is 56.7 Å². The van der Waals surface area contributed by atoms with Gasteiger partial charge in [-0.15, -0.1) is 0 Å². The quantitative estimate of drug-likeness (QED) is 0.121. The summed E-state index contributed by atoms with van der Waals surface area (Å²) in [4.78, 5) is 35.8. The summed E-state index contributed by atoms with van der Waals surface area (Å²) in [6, 6.07) is 11.0. The summed E-state index contributed by atoms with van der Waals surface area (Å²) >= 11 is 0. The Balaban J connectivity index is 1.81. The van der Waals surface area contributed by atoms with Gasteiger partial charge in [-0.3, -0.25) is 10.1 Å². The molecular formula is C27H35NO6. The predicted octanol–water partition coefficient (Wildman–Crippen LogP) is 6.95. The number of esters is 2. The van der Waals surface area contributed by atoms with Gasteiger partial charge in [0.25, 0.3) is 5.69 Å². The highest BCUT2D eigenvalue weighted by Crippen LogP contribution is 2.20. The van der Waals surface area contributed by atoms with Crippen molar-refractivity contribution in [3.8, 4) is 0 Å². The lowest BCUT2D eigenvalue weighted by Crippen LogP contribution is -2.14. The second-order valence-electron chi connectivity index (χ2n) is 8.46. The summed E-state index contributed by atoms with van der Waals surface area (Å²) in [6.45, 7) is 4.03. The molecule has 2 aromatic rings. The number of ether oxygens (including phenoxy) is 2. The smallest absolute Gasteiger partial charge is 0.339 e. The molecule has 0 radical (unpaired) electrons. The van der Waals surface area contributed by atoms with Crippen LogP contribution in [-0.2, 0) is 16.1 Å². The van der Waals surface area contributed by atoms with Gasteiger partial charge in [-0.25, -0.2) is 9.59 Å². The molecule has 0 aromatic heterocycles. The van der Waals surface area contributed by atoms with Gasteiger partial charge in [0.2, 0.25) is 0 Å². The van der Waals surface area contributed by atoms with E-state index in [-0.39, 0.29) is 23.4 Å². The van der Waals surface area contributed by atoms with Crippen molar-refractivity contribution < 1.29 is 24.0 Å². The van der Waals surface area contributed by atoms with Crippen molar-refractivity contribution in [1.82, 2.24) is 0 Å². The molecule has 0 atom stereocenters. The molecule has 0 heterocycles. The molecule has 2 aromatic carbocycles. The average molecular weight is 470 g/mol. The third kappa shape index (κ3) is 8.96. The highest BCUT2D eigenvalue weighted by Gasteiger charge is 2.19. The van der Waals surface area contributed by atoms with Gasteiger partial charge in [-0.1, -0.05) is 82.6 Å². The molecule has 0 N–H and O–H groups in total. The monoisotopic (exact) mass is 469 g/mol. The summed E-state index contributed by atoms with van der Waals surface area (Å²) in [5.41, 5.74) is 1.25. The zero-order valence-electron chi connectivity index (χ0n) is 20.2. The van der Waals surface area contributed by atoms with Gasteiger partial charge in [0, 0.05) is 11.6 Å². The van der Waals surface area contributed by atoms with Crippen LogP contribution in [0.15, 0.2) is 42.5 Å². The minimum Gasteiger partial charge on any atom is -0.462 e. The van der Waals surface area contributed by atoms with Crippen molar-refractivity contribution in [3.63, 3.8) is 0 Å². The number of nitrogens with zero attached hydrogens (tertiary/aromatic N) is 1. The number of hydrogen-bond acceptors (Lipinski definition) is 6. The van der Waals surface area contributed by atoms with Crippen LogP contribution in [0, 0.1) is 17.0 Å². The molecule has 7 nitrogen and oxygen atoms in total. The third-order valence-corrected chi connectivity index (χ3v) is 5.69. The third-order valence-electron chi connectivity index (χ3n) is 5.69. The fourth-order valence-electron chi connectivity index (χ4n) is 3.66. The van der Waals surface area contributed by atoms with Crippen molar-refractivity contribution in [2.45, 2.75) is 78.2 Å². The van der Waals surface area contributed by atoms with Gasteiger partial charge < -0.3 is 9.47 Å². The van der Waals surface area contributed by atoms with Crippen LogP contribution in [0.5, 0.6) is 0 Å². The Bertz CT molecular complexity index is 956. The number of aryl methyl sites for hydroxylation is 1. The number of benzene rings is 2. The molecule has 0 saturated carbocycles. The van der Waals surface area contributed by atoms with E-state index in [2.05, 4.69) is 6.92 Å². The van der Waals surface area contributed by atoms with E-state index in [0.29, 0.717) is 17.7 Å². The van der Waals surface area contributed by atoms with E-state index < -0.39 is 16.9 Å². The van der Waals surface area contributed by atoms with E-state index in [0.717, 1.165) is 19.3 Å². The summed E-state index contributed by atoms with van der Waals surface area (Å²) in [5.74, 6) is -1.24. The van der Waals surface area contributed by atoms with Crippen molar-refractivity contribution in [1.29, 1.82) is 0 Å². The molecule has 0 saturated heterocycles. The highest BCUT2D eigenvalue weighted by molar-refractivity contribution is 6.03. The standard InChI is InChI=1S/C27H35NO6/c1-3-4-5-6-7-8-9-10-13-18-33-26(29)23-14-11-12-15-24(23)27(30)34-20-22-17-16-21(2)25(19-22)28(31)32/h11-12,14-17,19H,3-10,13,18,20H2,1-2H3. The van der Waals surface area contributed by atoms with Crippen molar-refractivity contribution >= 4 is 17.6 Å². The van der Waals surface area contributed by atoms with E-state index in [1.807, 2.05) is 0 Å². The fraction of sp³-hybridized carbons (Fsp3) is 0.481. The van der Waals surface area contributed by atoms with Crippen LogP contribution in [-0.4, -0.2) is 23.5 Å². The largest absolute Gasteiger partial charge is 0.462 e. The second kappa shape index (κ2) is 14.8. The van der Waals surface area contributed by atoms with Gasteiger partial charge in [0.05, 0.1) is 22.7 Å². The van der Waals surface area contributed by atoms with Crippen LogP contribution in [0.25, 0.3) is 0 Å². The van der Waals surface area contributed by atoms with Crippen LogP contribution in [0.3, 0.4) is 0 Å². The maximum absolute atomic E-state index is 12.6. The van der Waals surface area contributed by atoms with Gasteiger partial charge in [0.1, 0.15) is 6.61 Å². The number of carbonyl (C=O) groups excluding carboxylic acids is 2. The van der Waals surface area contributed by atoms with Crippen molar-refractivity contribution in [2.24, 2.45) is 0 Å². The van der Waals surface area contributed by atoms with Gasteiger partial charge in [0.15, 0.2) is 0 Å². The lowest BCUT2D eigenvalue weighted by molar-refractivity contribution is -0.385. The van der Waals surface area contributed by atoms with Gasteiger partial charge >= 0.3 is 11.9 Å². The number of nitro groups is 1. The first-order valence-electron chi connectivity index (χ1n) is 12.1. The maximum atomic E-state index is 12.6. The Morgan fingerprint density at radius 3 is 1.97 bits per heavy atom. The van der Waals surface area contributed by atoms with E-state index in [9.17, 15) is 19.7 Å². The van der Waals surface area contributed by atoms with Crippen LogP contribution in [0.2, 0.25) is 0 Å². The van der Waals surface area contributed by atoms with E-state index in [1.54, 1.807) is 31.2 Å². The second-order valence-corrected chi connectivity index (χ2v) is 8.46. The number of nitro benzene ring substituents is 1. The molecule has 0 bridgehead atoms. The van der Waals surface area contributed by atoms with Crippen LogP contribution in [0.1, 0.15) is 96.6 Å². The lowest BCUT2D eigenvalue weighted by atomic mass is 10.1. The SMILES string of the molecule is CCCCCCCCCCCOC(=O)c1ccccc1C(=O)OCc1ccc(C)c([N+](=O)[O-])c1. The molecule has 0 spiro atoms. The molecule has 0 unspecified atom stereocenters. The Morgan fingerprint density at radius 1 is 0.824 bits per heavy atom. The molecule has 0 amide bonds. The summed E-state index contributed by atoms with van der Waals surface area (Å²) in [5, 5.41) is 11.1. The molecule has 0 aliphatic rings. The van der Waals surface area contributed by atoms with Crippen molar-refractivity contribution in [3.05, 3.63) is 74.8 Å². The fourth-order valence-corrected chi connectivity index (χ4v) is 3.66. The molecule has 184 valence electrons. The minimum absolute atomic E-state index is 0.0333. The first-order chi connectivity index (χ1) is 16.4. The van der Waals surface area contributed by atoms with Gasteiger partial charge in [-0.2, -0.15) is 0 Å². The maximum Gasteiger partial charge on any atom is 0.339 e. The highest BCUT2D eigenvalue weighted by atomic mass is 16.6. The lowest BCUT2D eigenvalue weighted by Gasteiger charge is -2.10. The molecule has 2 rings (SSSR count). The average Bonchev–Trinajstić information content (AvgIpc) is 2.84. The molecule has 7 heteroatoms. The number of unbranched alkanes of at least 4 members (excludes halogenated alkanes) is 8. The van der Waals surface area contributed by atoms with Crippen molar-refractivity contribution in [2.75, 3.05) is 6.61 Å². The van der Waals surface area contributed by atoms with Crippen LogP contribution < -0.4 is 0 Å². The summed E-state index contributed by atoms with van der Waals surface area (Å²) in [7, 11) is 0.